The largest absolute Gasteiger partial charge is 0.508 e. The van der Waals surface area contributed by atoms with Gasteiger partial charge < -0.3 is 28.5 Å². The lowest BCUT2D eigenvalue weighted by Crippen LogP contribution is -2.16. The van der Waals surface area contributed by atoms with E-state index >= 15 is 0 Å². The molecule has 12 heteroatoms. The molecule has 5 heterocycles. The fraction of sp³-hybridized carbons (Fsp3) is 0.200. The Kier molecular flexibility index (Phi) is 9.83. The summed E-state index contributed by atoms with van der Waals surface area (Å²) < 4.78 is 24.5. The third-order valence-electron chi connectivity index (χ3n) is 8.84. The lowest BCUT2D eigenvalue weighted by Gasteiger charge is -2.09. The zero-order chi connectivity index (χ0) is 36.2. The Morgan fingerprint density at radius 2 is 1.02 bits per heavy atom. The van der Waals surface area contributed by atoms with E-state index in [9.17, 15) is 19.8 Å². The average molecular weight is 701 g/mol. The van der Waals surface area contributed by atoms with Crippen LogP contribution >= 0.6 is 0 Å². The van der Waals surface area contributed by atoms with Gasteiger partial charge in [-0.05, 0) is 60.4 Å². The number of fused-ring (bicyclic) bond motifs is 4. The molecule has 0 atom stereocenters. The van der Waals surface area contributed by atoms with Crippen molar-refractivity contribution >= 4 is 44.0 Å². The summed E-state index contributed by atoms with van der Waals surface area (Å²) in [5.74, 6) is 0.285. The molecule has 1 fully saturated rings. The number of ether oxygens (including phenoxy) is 2. The molecule has 0 saturated carbocycles. The van der Waals surface area contributed by atoms with Crippen LogP contribution in [0.1, 0.15) is 25.0 Å². The minimum absolute atomic E-state index is 0.143. The Morgan fingerprint density at radius 1 is 0.615 bits per heavy atom. The summed E-state index contributed by atoms with van der Waals surface area (Å²) in [6.45, 7) is 6.96. The number of aryl methyl sites for hydroxylation is 2. The average Bonchev–Trinajstić information content (AvgIpc) is 3.81. The molecule has 4 aromatic heterocycles. The van der Waals surface area contributed by atoms with Crippen molar-refractivity contribution in [2.75, 3.05) is 26.4 Å². The van der Waals surface area contributed by atoms with Crippen LogP contribution in [0.3, 0.4) is 0 Å². The minimum Gasteiger partial charge on any atom is -0.508 e. The first kappa shape index (κ1) is 34.2. The predicted molar refractivity (Wildman–Crippen MR) is 198 cm³/mol. The smallest absolute Gasteiger partial charge is 0.216 e. The van der Waals surface area contributed by atoms with Crippen LogP contribution in [-0.2, 0) is 22.3 Å². The third-order valence-corrected chi connectivity index (χ3v) is 8.84. The molecular formula is C40H36N4O8. The number of aromatic nitrogens is 4. The summed E-state index contributed by atoms with van der Waals surface area (Å²) in [5, 5.41) is 20.7. The highest BCUT2D eigenvalue weighted by Crippen LogP contribution is 2.27. The number of nitrogens with zero attached hydrogens (tertiary/aromatic N) is 4. The molecule has 52 heavy (non-hydrogen) atoms. The van der Waals surface area contributed by atoms with Crippen molar-refractivity contribution in [1.29, 1.82) is 0 Å². The summed E-state index contributed by atoms with van der Waals surface area (Å²) >= 11 is 0. The summed E-state index contributed by atoms with van der Waals surface area (Å²) in [4.78, 5) is 34.3. The van der Waals surface area contributed by atoms with Crippen molar-refractivity contribution in [1.82, 2.24) is 19.1 Å². The first-order chi connectivity index (χ1) is 25.4. The van der Waals surface area contributed by atoms with E-state index in [-0.39, 0.29) is 22.4 Å². The maximum Gasteiger partial charge on any atom is 0.216 e. The molecule has 1 aliphatic heterocycles. The lowest BCUT2D eigenvalue weighted by molar-refractivity contribution is -0.0334. The monoisotopic (exact) mass is 700 g/mol. The summed E-state index contributed by atoms with van der Waals surface area (Å²) in [6.07, 6.45) is 7.32. The SMILES string of the molecule is C1COCCO1.CCc1cc2c(=O)c(-n3cnc4ccccc43)coc2cc1O.CCc1cc2c(=O)c(-n3cnc4ccccc43)coc2cc1O. The first-order valence-corrected chi connectivity index (χ1v) is 16.9. The molecule has 0 radical (unpaired) electrons. The number of phenols is 2. The maximum atomic E-state index is 12.9. The van der Waals surface area contributed by atoms with E-state index in [0.29, 0.717) is 46.2 Å². The second kappa shape index (κ2) is 14.9. The standard InChI is InChI=1S/2C18H14N2O3.C4H8O2/c2*1-2-11-7-12-17(8-16(11)21)23-9-15(18(12)22)20-10-19-13-5-3-4-6-14(13)20;1-2-6-4-3-5-1/h2*3-10,21H,2H2,1H3;1-4H2. The second-order valence-corrected chi connectivity index (χ2v) is 12.0. The van der Waals surface area contributed by atoms with E-state index in [4.69, 9.17) is 18.3 Å². The van der Waals surface area contributed by atoms with Gasteiger partial charge in [-0.1, -0.05) is 38.1 Å². The van der Waals surface area contributed by atoms with Gasteiger partial charge in [-0.15, -0.1) is 0 Å². The Morgan fingerprint density at radius 3 is 1.40 bits per heavy atom. The van der Waals surface area contributed by atoms with E-state index in [1.54, 1.807) is 33.9 Å². The van der Waals surface area contributed by atoms with Crippen molar-refractivity contribution in [2.24, 2.45) is 0 Å². The van der Waals surface area contributed by atoms with Gasteiger partial charge in [0.2, 0.25) is 10.9 Å². The van der Waals surface area contributed by atoms with Crippen molar-refractivity contribution in [3.8, 4) is 22.9 Å². The fourth-order valence-electron chi connectivity index (χ4n) is 6.04. The van der Waals surface area contributed by atoms with Crippen LogP contribution in [0.5, 0.6) is 11.5 Å². The predicted octanol–water partition coefficient (Wildman–Crippen LogP) is 6.83. The van der Waals surface area contributed by atoms with Gasteiger partial charge in [-0.2, -0.15) is 0 Å². The maximum absolute atomic E-state index is 12.9. The van der Waals surface area contributed by atoms with E-state index in [2.05, 4.69) is 9.97 Å². The van der Waals surface area contributed by atoms with Gasteiger partial charge in [0, 0.05) is 12.1 Å². The molecule has 1 saturated heterocycles. The van der Waals surface area contributed by atoms with Crippen LogP contribution in [0.2, 0.25) is 0 Å². The molecular weight excluding hydrogens is 664 g/mol. The number of hydrogen-bond acceptors (Lipinski definition) is 10. The number of aromatic hydroxyl groups is 2. The van der Waals surface area contributed by atoms with Crippen LogP contribution in [-0.4, -0.2) is 55.7 Å². The highest BCUT2D eigenvalue weighted by molar-refractivity contribution is 5.84. The third kappa shape index (κ3) is 6.64. The number of phenolic OH excluding ortho intramolecular Hbond substituents is 2. The van der Waals surface area contributed by atoms with Gasteiger partial charge in [0.15, 0.2) is 0 Å². The molecule has 2 N–H and O–H groups in total. The topological polar surface area (TPSA) is 155 Å². The minimum atomic E-state index is -0.149. The molecule has 12 nitrogen and oxygen atoms in total. The fourth-order valence-corrected chi connectivity index (χ4v) is 6.04. The van der Waals surface area contributed by atoms with Crippen molar-refractivity contribution in [3.05, 3.63) is 130 Å². The van der Waals surface area contributed by atoms with Gasteiger partial charge in [-0.25, -0.2) is 9.97 Å². The number of rotatable bonds is 4. The molecule has 0 bridgehead atoms. The Hall–Kier alpha value is -6.24. The molecule has 0 aliphatic carbocycles. The van der Waals surface area contributed by atoms with Crippen LogP contribution in [0.15, 0.2) is 116 Å². The van der Waals surface area contributed by atoms with Crippen LogP contribution in [0, 0.1) is 0 Å². The van der Waals surface area contributed by atoms with E-state index in [0.717, 1.165) is 59.6 Å². The normalized spacial score (nSPS) is 12.8. The van der Waals surface area contributed by atoms with Crippen molar-refractivity contribution < 1.29 is 28.5 Å². The molecule has 0 unspecified atom stereocenters. The zero-order valence-corrected chi connectivity index (χ0v) is 28.6. The number of benzene rings is 4. The molecule has 264 valence electrons. The molecule has 4 aromatic carbocycles. The first-order valence-electron chi connectivity index (χ1n) is 16.9. The zero-order valence-electron chi connectivity index (χ0n) is 28.6. The van der Waals surface area contributed by atoms with Gasteiger partial charge in [0.05, 0.1) is 59.3 Å². The van der Waals surface area contributed by atoms with Gasteiger partial charge >= 0.3 is 0 Å². The summed E-state index contributed by atoms with van der Waals surface area (Å²) in [6, 6.07) is 21.6. The quantitative estimate of drug-likeness (QED) is 0.200. The van der Waals surface area contributed by atoms with Crippen LogP contribution in [0.25, 0.3) is 55.4 Å². The van der Waals surface area contributed by atoms with Crippen molar-refractivity contribution in [3.63, 3.8) is 0 Å². The Bertz CT molecular complexity index is 2460. The van der Waals surface area contributed by atoms with E-state index in [1.807, 2.05) is 62.4 Å². The molecule has 9 rings (SSSR count). The van der Waals surface area contributed by atoms with Gasteiger partial charge in [-0.3, -0.25) is 18.7 Å². The van der Waals surface area contributed by atoms with Crippen LogP contribution < -0.4 is 10.9 Å². The van der Waals surface area contributed by atoms with E-state index in [1.165, 1.54) is 24.7 Å². The number of para-hydroxylation sites is 4. The molecule has 1 aliphatic rings. The van der Waals surface area contributed by atoms with Crippen LogP contribution in [0.4, 0.5) is 0 Å². The van der Waals surface area contributed by atoms with E-state index < -0.39 is 0 Å². The molecule has 8 aromatic rings. The Labute approximate surface area is 296 Å². The summed E-state index contributed by atoms with van der Waals surface area (Å²) in [5.41, 5.74) is 6.00. The molecule has 0 amide bonds. The highest BCUT2D eigenvalue weighted by atomic mass is 16.6. The lowest BCUT2D eigenvalue weighted by atomic mass is 10.1. The number of hydrogen-bond donors (Lipinski definition) is 2. The second-order valence-electron chi connectivity index (χ2n) is 12.0. The highest BCUT2D eigenvalue weighted by Gasteiger charge is 2.15. The van der Waals surface area contributed by atoms with Gasteiger partial charge in [0.25, 0.3) is 0 Å². The van der Waals surface area contributed by atoms with Gasteiger partial charge in [0.1, 0.15) is 59.2 Å². The number of imidazole rings is 2. The van der Waals surface area contributed by atoms with Crippen molar-refractivity contribution in [2.45, 2.75) is 26.7 Å². The Balaban J connectivity index is 0.000000139. The summed E-state index contributed by atoms with van der Waals surface area (Å²) in [7, 11) is 0. The molecule has 0 spiro atoms.